The van der Waals surface area contributed by atoms with Crippen LogP contribution >= 0.6 is 0 Å². The lowest BCUT2D eigenvalue weighted by molar-refractivity contribution is -0.269. The van der Waals surface area contributed by atoms with Crippen LogP contribution in [-0.4, -0.2) is 168 Å². The molecular formula is C25H44N4O15. The number of hydrogen-bond donors (Lipinski definition) is 11. The fraction of sp³-hybridized carbons (Fsp3) is 0.840. The van der Waals surface area contributed by atoms with Gasteiger partial charge in [-0.2, -0.15) is 0 Å². The molecule has 254 valence electrons. The highest BCUT2D eigenvalue weighted by atomic mass is 16.6. The number of nitrogens with one attached hydrogen (secondary N) is 1. The Labute approximate surface area is 252 Å². The lowest BCUT2D eigenvalue weighted by Gasteiger charge is -2.52. The van der Waals surface area contributed by atoms with Crippen LogP contribution in [0.25, 0.3) is 0 Å². The average Bonchev–Trinajstić information content (AvgIpc) is 2.94. The predicted octanol–water partition coefficient (Wildman–Crippen LogP) is -5.99. The molecule has 0 spiro atoms. The first-order valence-electron chi connectivity index (χ1n) is 13.9. The second-order valence-corrected chi connectivity index (χ2v) is 11.1. The van der Waals surface area contributed by atoms with E-state index in [2.05, 4.69) is 5.32 Å². The Kier molecular flexibility index (Phi) is 13.4. The quantitative estimate of drug-likeness (QED) is 0.0841. The minimum Gasteiger partial charge on any atom is -0.481 e. The van der Waals surface area contributed by atoms with Crippen molar-refractivity contribution in [3.05, 3.63) is 0 Å². The van der Waals surface area contributed by atoms with E-state index >= 15 is 0 Å². The maximum absolute atomic E-state index is 13.6. The van der Waals surface area contributed by atoms with Crippen molar-refractivity contribution in [2.75, 3.05) is 19.8 Å². The normalized spacial score (nSPS) is 35.2. The van der Waals surface area contributed by atoms with E-state index in [1.807, 2.05) is 0 Å². The Bertz CT molecular complexity index is 1020. The van der Waals surface area contributed by atoms with Gasteiger partial charge >= 0.3 is 11.9 Å². The highest BCUT2D eigenvalue weighted by Crippen LogP contribution is 2.37. The van der Waals surface area contributed by atoms with Gasteiger partial charge in [0.1, 0.15) is 48.8 Å². The first-order chi connectivity index (χ1) is 20.4. The van der Waals surface area contributed by atoms with E-state index in [4.69, 9.17) is 25.7 Å². The smallest absolute Gasteiger partial charge is 0.332 e. The molecule has 13 atom stereocenters. The lowest BCUT2D eigenvalue weighted by Crippen LogP contribution is -2.76. The Morgan fingerprint density at radius 2 is 1.55 bits per heavy atom. The van der Waals surface area contributed by atoms with Gasteiger partial charge in [0.2, 0.25) is 11.8 Å². The van der Waals surface area contributed by atoms with Crippen molar-refractivity contribution in [2.45, 2.75) is 112 Å². The van der Waals surface area contributed by atoms with Crippen molar-refractivity contribution in [1.29, 1.82) is 0 Å². The van der Waals surface area contributed by atoms with Crippen LogP contribution in [0.3, 0.4) is 0 Å². The third-order valence-corrected chi connectivity index (χ3v) is 7.75. The largest absolute Gasteiger partial charge is 0.481 e. The van der Waals surface area contributed by atoms with E-state index in [1.165, 1.54) is 13.8 Å². The molecule has 0 aromatic rings. The zero-order chi connectivity index (χ0) is 33.7. The molecule has 0 aromatic carbocycles. The number of amides is 2. The molecule has 2 rings (SSSR count). The summed E-state index contributed by atoms with van der Waals surface area (Å²) in [6.07, 6.45) is -16.3. The number of aliphatic hydroxyl groups is 6. The Balaban J connectivity index is 2.64. The predicted molar refractivity (Wildman–Crippen MR) is 144 cm³/mol. The number of aliphatic hydroxyl groups excluding tert-OH is 6. The Hall–Kier alpha value is -2.56. The molecule has 19 heteroatoms. The zero-order valence-electron chi connectivity index (χ0n) is 24.5. The van der Waals surface area contributed by atoms with Crippen molar-refractivity contribution < 1.29 is 74.2 Å². The van der Waals surface area contributed by atoms with Crippen LogP contribution in [0.2, 0.25) is 0 Å². The molecule has 0 bridgehead atoms. The summed E-state index contributed by atoms with van der Waals surface area (Å²) in [6.45, 7) is 1.30. The number of carbonyl (C=O) groups excluding carboxylic acids is 2. The van der Waals surface area contributed by atoms with Gasteiger partial charge in [-0.05, 0) is 20.3 Å². The molecule has 0 saturated carbocycles. The van der Waals surface area contributed by atoms with Crippen LogP contribution in [0, 0.1) is 0 Å². The number of ether oxygens (including phenoxy) is 3. The van der Waals surface area contributed by atoms with Crippen LogP contribution in [-0.2, 0) is 33.4 Å². The van der Waals surface area contributed by atoms with E-state index in [9.17, 15) is 60.0 Å². The molecule has 0 radical (unpaired) electrons. The highest BCUT2D eigenvalue weighted by molar-refractivity contribution is 5.90. The summed E-state index contributed by atoms with van der Waals surface area (Å²) in [4.78, 5) is 50.9. The van der Waals surface area contributed by atoms with Crippen molar-refractivity contribution >= 4 is 23.8 Å². The molecule has 13 N–H and O–H groups in total. The van der Waals surface area contributed by atoms with Gasteiger partial charge < -0.3 is 76.7 Å². The number of hydrogen-bond acceptors (Lipinski definition) is 15. The summed E-state index contributed by atoms with van der Waals surface area (Å²) in [5, 5.41) is 84.0. The van der Waals surface area contributed by atoms with Crippen molar-refractivity contribution in [3.63, 3.8) is 0 Å². The Morgan fingerprint density at radius 1 is 0.977 bits per heavy atom. The maximum Gasteiger partial charge on any atom is 0.332 e. The van der Waals surface area contributed by atoms with Crippen LogP contribution in [0.4, 0.5) is 0 Å². The summed E-state index contributed by atoms with van der Waals surface area (Å²) in [5.41, 5.74) is 9.29. The van der Waals surface area contributed by atoms with Crippen LogP contribution in [0.15, 0.2) is 0 Å². The summed E-state index contributed by atoms with van der Waals surface area (Å²) in [6, 6.07) is -4.51. The molecule has 2 heterocycles. The van der Waals surface area contributed by atoms with E-state index in [0.717, 1.165) is 6.92 Å². The summed E-state index contributed by atoms with van der Waals surface area (Å²) < 4.78 is 16.7. The van der Waals surface area contributed by atoms with Gasteiger partial charge in [-0.3, -0.25) is 14.4 Å². The second-order valence-electron chi connectivity index (χ2n) is 11.1. The molecule has 2 aliphatic heterocycles. The van der Waals surface area contributed by atoms with Gasteiger partial charge in [0.25, 0.3) is 0 Å². The monoisotopic (exact) mass is 640 g/mol. The molecule has 0 aliphatic carbocycles. The first kappa shape index (κ1) is 37.6. The van der Waals surface area contributed by atoms with Crippen LogP contribution < -0.4 is 16.8 Å². The number of nitrogens with two attached hydrogens (primary N) is 2. The maximum atomic E-state index is 13.6. The molecule has 19 nitrogen and oxygen atoms in total. The fourth-order valence-electron chi connectivity index (χ4n) is 5.54. The third-order valence-electron chi connectivity index (χ3n) is 7.75. The molecule has 2 amide bonds. The number of rotatable bonds is 14. The van der Waals surface area contributed by atoms with Crippen molar-refractivity contribution in [3.8, 4) is 0 Å². The Morgan fingerprint density at radius 3 is 2.02 bits per heavy atom. The molecule has 2 aliphatic rings. The van der Waals surface area contributed by atoms with Crippen molar-refractivity contribution in [1.82, 2.24) is 10.2 Å². The number of carboxylic acids is 2. The minimum atomic E-state index is -2.69. The minimum absolute atomic E-state index is 0.650. The van der Waals surface area contributed by atoms with E-state index < -0.39 is 135 Å². The number of carbonyl (C=O) groups is 4. The zero-order valence-corrected chi connectivity index (χ0v) is 24.5. The SMILES string of the molecule is CC(=O)N[C@@H]1[C@@H](OC(C)CN(C(=O)[C@H](C)N)[C@](CCC(=O)O)(C(=O)O)C2O[C@H](CO)[C@@H](O)[C@H](O)[C@H]2N)[C@H](O)[C@@H](CO)O[C@@H]1O. The molecule has 0 aromatic heterocycles. The summed E-state index contributed by atoms with van der Waals surface area (Å²) in [7, 11) is 0. The number of aliphatic carboxylic acids is 2. The second kappa shape index (κ2) is 15.6. The van der Waals surface area contributed by atoms with Crippen LogP contribution in [0.5, 0.6) is 0 Å². The molecule has 2 fully saturated rings. The number of nitrogens with zero attached hydrogens (tertiary/aromatic N) is 1. The molecular weight excluding hydrogens is 596 g/mol. The van der Waals surface area contributed by atoms with E-state index in [0.29, 0.717) is 4.90 Å². The van der Waals surface area contributed by atoms with Gasteiger partial charge in [0, 0.05) is 19.9 Å². The highest BCUT2D eigenvalue weighted by Gasteiger charge is 2.60. The molecule has 2 unspecified atom stereocenters. The topological polar surface area (TPSA) is 325 Å². The van der Waals surface area contributed by atoms with Gasteiger partial charge in [0.05, 0.1) is 31.4 Å². The standard InChI is InChI=1S/C25H44N4O15/c1-9(42-20-16(28-11(3)32)23(39)44-13(8-31)18(20)36)6-29(22(38)10(2)26)25(24(40)41,5-4-14(33)34)21-15(27)19(37)17(35)12(7-30)43-21/h9-10,12-13,15-21,23,30-31,35-37,39H,4-8,26-27H2,1-3H3,(H,28,32)(H,33,34)(H,40,41)/t9?,10-,12+,13+,15+,16+,17+,18+,19+,20+,21?,23-,25-/m0/s1. The van der Waals surface area contributed by atoms with E-state index in [1.54, 1.807) is 0 Å². The fourth-order valence-corrected chi connectivity index (χ4v) is 5.54. The summed E-state index contributed by atoms with van der Waals surface area (Å²) >= 11 is 0. The van der Waals surface area contributed by atoms with Gasteiger partial charge in [-0.25, -0.2) is 4.79 Å². The lowest BCUT2D eigenvalue weighted by atomic mass is 9.76. The first-order valence-corrected chi connectivity index (χ1v) is 13.9. The average molecular weight is 641 g/mol. The summed E-state index contributed by atoms with van der Waals surface area (Å²) in [5.74, 6) is -4.99. The molecule has 2 saturated heterocycles. The van der Waals surface area contributed by atoms with E-state index in [-0.39, 0.29) is 0 Å². The number of carboxylic acid groups (broad SMARTS) is 2. The third kappa shape index (κ3) is 7.98. The van der Waals surface area contributed by atoms with Gasteiger partial charge in [0.15, 0.2) is 11.8 Å². The van der Waals surface area contributed by atoms with Crippen LogP contribution in [0.1, 0.15) is 33.6 Å². The molecule has 44 heavy (non-hydrogen) atoms. The van der Waals surface area contributed by atoms with Crippen molar-refractivity contribution in [2.24, 2.45) is 11.5 Å². The van der Waals surface area contributed by atoms with Gasteiger partial charge in [-0.15, -0.1) is 0 Å². The van der Waals surface area contributed by atoms with Gasteiger partial charge in [-0.1, -0.05) is 0 Å².